The van der Waals surface area contributed by atoms with Gasteiger partial charge in [0, 0.05) is 17.7 Å². The average Bonchev–Trinajstić information content (AvgIpc) is 3.03. The summed E-state index contributed by atoms with van der Waals surface area (Å²) in [5.41, 5.74) is 3.50. The van der Waals surface area contributed by atoms with E-state index in [1.54, 1.807) is 62.8 Å². The maximum Gasteiger partial charge on any atom is 0.321 e. The summed E-state index contributed by atoms with van der Waals surface area (Å²) in [5.74, 6) is 2.28. The molecular weight excluding hydrogens is 613 g/mol. The van der Waals surface area contributed by atoms with Crippen LogP contribution in [0.4, 0.5) is 11.4 Å². The summed E-state index contributed by atoms with van der Waals surface area (Å²) in [7, 11) is 3.17. The lowest BCUT2D eigenvalue weighted by Crippen LogP contribution is -2.48. The molecule has 5 rings (SSSR count). The molecule has 230 valence electrons. The van der Waals surface area contributed by atoms with E-state index in [0.717, 1.165) is 16.7 Å². The number of halogens is 2. The molecule has 1 atom stereocenters. The Balaban J connectivity index is 1.79. The monoisotopic (exact) mass is 644 g/mol. The van der Waals surface area contributed by atoms with Crippen LogP contribution in [0.1, 0.15) is 23.6 Å². The van der Waals surface area contributed by atoms with Crippen molar-refractivity contribution in [1.29, 1.82) is 0 Å². The zero-order valence-electron chi connectivity index (χ0n) is 25.5. The van der Waals surface area contributed by atoms with E-state index in [1.807, 2.05) is 56.3 Å². The predicted octanol–water partition coefficient (Wildman–Crippen LogP) is 9.39. The molecule has 0 saturated carbocycles. The lowest BCUT2D eigenvalue weighted by Gasteiger charge is -2.35. The van der Waals surface area contributed by atoms with Crippen molar-refractivity contribution in [3.63, 3.8) is 0 Å². The molecule has 2 aromatic heterocycles. The van der Waals surface area contributed by atoms with E-state index in [9.17, 15) is 4.79 Å². The van der Waals surface area contributed by atoms with Gasteiger partial charge in [-0.2, -0.15) is 14.5 Å². The molecule has 1 amide bonds. The fourth-order valence-electron chi connectivity index (χ4n) is 5.09. The Bertz CT molecular complexity index is 1850. The highest BCUT2D eigenvalue weighted by Crippen LogP contribution is 2.49. The van der Waals surface area contributed by atoms with E-state index in [1.165, 1.54) is 6.92 Å². The second-order valence-electron chi connectivity index (χ2n) is 10.3. The minimum Gasteiger partial charge on any atom is -0.497 e. The first kappa shape index (κ1) is 31.8. The van der Waals surface area contributed by atoms with Gasteiger partial charge in [-0.1, -0.05) is 47.5 Å². The largest absolute Gasteiger partial charge is 0.497 e. The molecule has 0 fully saturated rings. The highest BCUT2D eigenvalue weighted by atomic mass is 35.5. The number of hydrogen-bond donors (Lipinski definition) is 0. The number of benzene rings is 3. The SMILES string of the molecule is COc1ccc(Oc2nc(Cl)ccc2[N+](Cc2ccccc2OC)(C(C)=O)c2ccc(Cl)nc2Oc2cccc(C)c2C)cc1. The third-order valence-electron chi connectivity index (χ3n) is 7.61. The van der Waals surface area contributed by atoms with Crippen molar-refractivity contribution in [1.82, 2.24) is 14.5 Å². The Hall–Kier alpha value is -4.63. The molecule has 0 saturated heterocycles. The molecule has 0 radical (unpaired) electrons. The molecule has 0 bridgehead atoms. The number of nitrogens with zero attached hydrogens (tertiary/aromatic N) is 3. The minimum absolute atomic E-state index is 0.0914. The number of aromatic nitrogens is 2. The molecule has 0 spiro atoms. The molecule has 0 aliphatic carbocycles. The van der Waals surface area contributed by atoms with Gasteiger partial charge in [0.15, 0.2) is 0 Å². The van der Waals surface area contributed by atoms with E-state index < -0.39 is 4.48 Å². The maximum absolute atomic E-state index is 14.3. The van der Waals surface area contributed by atoms with Crippen molar-refractivity contribution >= 4 is 40.5 Å². The summed E-state index contributed by atoms with van der Waals surface area (Å²) in [6.45, 7) is 5.54. The van der Waals surface area contributed by atoms with Crippen LogP contribution in [0.2, 0.25) is 10.3 Å². The van der Waals surface area contributed by atoms with Gasteiger partial charge in [-0.05, 0) is 79.6 Å². The molecule has 0 aliphatic rings. The van der Waals surface area contributed by atoms with Gasteiger partial charge < -0.3 is 18.9 Å². The molecule has 0 aliphatic heterocycles. The van der Waals surface area contributed by atoms with Gasteiger partial charge in [-0.25, -0.2) is 4.79 Å². The molecule has 10 heteroatoms. The van der Waals surface area contributed by atoms with Crippen LogP contribution in [0, 0.1) is 13.8 Å². The molecule has 3 aromatic carbocycles. The second-order valence-corrected chi connectivity index (χ2v) is 11.1. The summed E-state index contributed by atoms with van der Waals surface area (Å²) >= 11 is 12.9. The zero-order chi connectivity index (χ0) is 32.1. The van der Waals surface area contributed by atoms with E-state index >= 15 is 0 Å². The topological polar surface area (TPSA) is 79.8 Å². The zero-order valence-corrected chi connectivity index (χ0v) is 27.0. The van der Waals surface area contributed by atoms with Gasteiger partial charge in [0.2, 0.25) is 11.4 Å². The number of aryl methyl sites for hydroxylation is 1. The smallest absolute Gasteiger partial charge is 0.321 e. The van der Waals surface area contributed by atoms with Crippen molar-refractivity contribution in [3.8, 4) is 34.8 Å². The molecule has 1 unspecified atom stereocenters. The van der Waals surface area contributed by atoms with Crippen LogP contribution in [-0.4, -0.2) is 30.1 Å². The highest BCUT2D eigenvalue weighted by molar-refractivity contribution is 6.29. The molecule has 8 nitrogen and oxygen atoms in total. The quantitative estimate of drug-likeness (QED) is 0.111. The van der Waals surface area contributed by atoms with Gasteiger partial charge in [-0.15, -0.1) is 0 Å². The Morgan fingerprint density at radius 1 is 0.689 bits per heavy atom. The van der Waals surface area contributed by atoms with Crippen LogP contribution in [0.5, 0.6) is 34.8 Å². The Morgan fingerprint density at radius 3 is 1.87 bits per heavy atom. The second kappa shape index (κ2) is 13.6. The normalized spacial score (nSPS) is 12.2. The number of pyridine rings is 2. The lowest BCUT2D eigenvalue weighted by atomic mass is 10.1. The number of quaternary nitrogens is 1. The average molecular weight is 646 g/mol. The van der Waals surface area contributed by atoms with Crippen molar-refractivity contribution in [2.45, 2.75) is 27.3 Å². The lowest BCUT2D eigenvalue weighted by molar-refractivity contribution is -0.125. The van der Waals surface area contributed by atoms with Crippen molar-refractivity contribution < 1.29 is 23.7 Å². The third kappa shape index (κ3) is 6.59. The van der Waals surface area contributed by atoms with E-state index in [2.05, 4.69) is 9.97 Å². The first-order valence-electron chi connectivity index (χ1n) is 14.1. The standard InChI is InChI=1S/C35H32Cl2N3O5/c1-22-9-8-12-30(23(22)2)45-35-29(18-20-33(37)39-35)40(24(3)41,21-25-10-6-7-11-31(25)43-5)28-17-19-32(36)38-34(28)44-27-15-13-26(42-4)14-16-27/h6-20H,21H2,1-5H3/q+1. The number of carbonyl (C=O) groups is 1. The summed E-state index contributed by atoms with van der Waals surface area (Å²) in [6, 6.07) is 26.9. The van der Waals surface area contributed by atoms with Gasteiger partial charge in [0.1, 0.15) is 39.8 Å². The molecule has 5 aromatic rings. The summed E-state index contributed by atoms with van der Waals surface area (Å²) in [5, 5.41) is 0.379. The Morgan fingerprint density at radius 2 is 1.27 bits per heavy atom. The number of para-hydroxylation sites is 1. The minimum atomic E-state index is -0.458. The van der Waals surface area contributed by atoms with Crippen LogP contribution in [0.25, 0.3) is 0 Å². The van der Waals surface area contributed by atoms with Crippen molar-refractivity contribution in [2.24, 2.45) is 0 Å². The Labute approximate surface area is 272 Å². The fourth-order valence-corrected chi connectivity index (χ4v) is 5.37. The van der Waals surface area contributed by atoms with Crippen LogP contribution in [0.15, 0.2) is 91.0 Å². The van der Waals surface area contributed by atoms with Crippen LogP contribution >= 0.6 is 23.2 Å². The fraction of sp³-hybridized carbons (Fsp3) is 0.171. The Kier molecular flexibility index (Phi) is 9.58. The number of rotatable bonds is 10. The third-order valence-corrected chi connectivity index (χ3v) is 8.03. The van der Waals surface area contributed by atoms with E-state index in [4.69, 9.17) is 42.1 Å². The van der Waals surface area contributed by atoms with Crippen molar-refractivity contribution in [3.05, 3.63) is 118 Å². The molecule has 45 heavy (non-hydrogen) atoms. The van der Waals surface area contributed by atoms with Gasteiger partial charge in [-0.3, -0.25) is 0 Å². The first-order chi connectivity index (χ1) is 21.7. The number of hydrogen-bond acceptors (Lipinski definition) is 7. The number of ether oxygens (including phenoxy) is 4. The highest BCUT2D eigenvalue weighted by Gasteiger charge is 2.46. The van der Waals surface area contributed by atoms with Crippen molar-refractivity contribution in [2.75, 3.05) is 14.2 Å². The van der Waals surface area contributed by atoms with Gasteiger partial charge in [0.25, 0.3) is 11.8 Å². The maximum atomic E-state index is 14.3. The number of methoxy groups -OCH3 is 2. The molecule has 0 N–H and O–H groups in total. The van der Waals surface area contributed by atoms with Crippen LogP contribution in [-0.2, 0) is 11.3 Å². The molecular formula is C35H32Cl2N3O5+. The first-order valence-corrected chi connectivity index (χ1v) is 14.8. The van der Waals surface area contributed by atoms with Gasteiger partial charge >= 0.3 is 5.91 Å². The van der Waals surface area contributed by atoms with E-state index in [0.29, 0.717) is 34.4 Å². The van der Waals surface area contributed by atoms with Crippen LogP contribution < -0.4 is 23.4 Å². The number of amides is 1. The van der Waals surface area contributed by atoms with Crippen LogP contribution in [0.3, 0.4) is 0 Å². The summed E-state index contributed by atoms with van der Waals surface area (Å²) < 4.78 is 23.4. The van der Waals surface area contributed by atoms with Gasteiger partial charge in [0.05, 0.1) is 21.1 Å². The summed E-state index contributed by atoms with van der Waals surface area (Å²) in [6.07, 6.45) is 0. The summed E-state index contributed by atoms with van der Waals surface area (Å²) in [4.78, 5) is 23.5. The predicted molar refractivity (Wildman–Crippen MR) is 176 cm³/mol. The van der Waals surface area contributed by atoms with E-state index in [-0.39, 0.29) is 34.5 Å². The molecule has 2 heterocycles. The number of carbonyl (C=O) groups excluding carboxylic acids is 1.